The van der Waals surface area contributed by atoms with Crippen LogP contribution in [-0.4, -0.2) is 34.0 Å². The molecular weight excluding hydrogens is 506 g/mol. The van der Waals surface area contributed by atoms with Crippen molar-refractivity contribution in [1.29, 1.82) is 0 Å². The van der Waals surface area contributed by atoms with Crippen LogP contribution in [0.25, 0.3) is 20.8 Å². The Balaban J connectivity index is 1.19. The van der Waals surface area contributed by atoms with Gasteiger partial charge in [-0.2, -0.15) is 0 Å². The van der Waals surface area contributed by atoms with Crippen molar-refractivity contribution in [2.75, 3.05) is 18.0 Å². The van der Waals surface area contributed by atoms with Crippen molar-refractivity contribution in [2.24, 2.45) is 0 Å². The highest BCUT2D eigenvalue weighted by molar-refractivity contribution is 7.80. The van der Waals surface area contributed by atoms with E-state index in [0.29, 0.717) is 12.2 Å². The van der Waals surface area contributed by atoms with Gasteiger partial charge in [-0.1, -0.05) is 36.4 Å². The molecular formula is C27H25N5O3S2. The number of carbonyl (C=O) groups excluding carboxylic acids is 1. The molecule has 3 aromatic carbocycles. The normalized spacial score (nSPS) is 13.4. The van der Waals surface area contributed by atoms with Gasteiger partial charge in [-0.3, -0.25) is 20.2 Å². The van der Waals surface area contributed by atoms with Crippen LogP contribution >= 0.6 is 23.6 Å². The van der Waals surface area contributed by atoms with Gasteiger partial charge in [0, 0.05) is 36.8 Å². The molecule has 0 saturated carbocycles. The van der Waals surface area contributed by atoms with E-state index in [0.717, 1.165) is 58.7 Å². The molecule has 0 aliphatic carbocycles. The number of thiocarbonyl (C=S) groups is 1. The van der Waals surface area contributed by atoms with E-state index in [1.54, 1.807) is 23.5 Å². The van der Waals surface area contributed by atoms with Crippen LogP contribution in [0.2, 0.25) is 0 Å². The average molecular weight is 532 g/mol. The summed E-state index contributed by atoms with van der Waals surface area (Å²) in [5.41, 5.74) is 3.69. The zero-order chi connectivity index (χ0) is 25.8. The Morgan fingerprint density at radius 3 is 2.54 bits per heavy atom. The van der Waals surface area contributed by atoms with Gasteiger partial charge in [-0.15, -0.1) is 11.3 Å². The van der Waals surface area contributed by atoms with Gasteiger partial charge in [-0.05, 0) is 61.3 Å². The molecule has 5 rings (SSSR count). The largest absolute Gasteiger partial charge is 0.366 e. The number of anilines is 1. The number of nitro benzene ring substituents is 1. The minimum absolute atomic E-state index is 0.0679. The fourth-order valence-corrected chi connectivity index (χ4v) is 5.51. The van der Waals surface area contributed by atoms with E-state index in [1.807, 2.05) is 47.4 Å². The van der Waals surface area contributed by atoms with Crippen molar-refractivity contribution in [3.05, 3.63) is 88.0 Å². The topological polar surface area (TPSA) is 100 Å². The van der Waals surface area contributed by atoms with E-state index in [9.17, 15) is 14.9 Å². The van der Waals surface area contributed by atoms with Gasteiger partial charge in [0.1, 0.15) is 10.7 Å². The number of piperidine rings is 1. The van der Waals surface area contributed by atoms with Gasteiger partial charge < -0.3 is 10.2 Å². The van der Waals surface area contributed by atoms with Gasteiger partial charge in [0.2, 0.25) is 0 Å². The summed E-state index contributed by atoms with van der Waals surface area (Å²) >= 11 is 6.94. The summed E-state index contributed by atoms with van der Waals surface area (Å²) in [5.74, 6) is -0.489. The summed E-state index contributed by atoms with van der Waals surface area (Å²) in [4.78, 5) is 30.7. The number of aromatic nitrogens is 1. The van der Waals surface area contributed by atoms with Crippen LogP contribution in [0.4, 0.5) is 11.4 Å². The predicted octanol–water partition coefficient (Wildman–Crippen LogP) is 5.67. The summed E-state index contributed by atoms with van der Waals surface area (Å²) in [6.45, 7) is 1.98. The van der Waals surface area contributed by atoms with Crippen molar-refractivity contribution < 1.29 is 9.72 Å². The van der Waals surface area contributed by atoms with Gasteiger partial charge in [0.15, 0.2) is 5.11 Å². The molecule has 188 valence electrons. The van der Waals surface area contributed by atoms with Crippen LogP contribution in [0.5, 0.6) is 0 Å². The second kappa shape index (κ2) is 11.0. The van der Waals surface area contributed by atoms with Gasteiger partial charge in [0.05, 0.1) is 15.1 Å². The van der Waals surface area contributed by atoms with E-state index >= 15 is 0 Å². The maximum atomic E-state index is 12.7. The summed E-state index contributed by atoms with van der Waals surface area (Å²) in [7, 11) is 0. The number of thiazole rings is 1. The minimum atomic E-state index is -0.489. The monoisotopic (exact) mass is 531 g/mol. The molecule has 0 spiro atoms. The molecule has 37 heavy (non-hydrogen) atoms. The zero-order valence-corrected chi connectivity index (χ0v) is 21.6. The molecule has 2 heterocycles. The summed E-state index contributed by atoms with van der Waals surface area (Å²) in [5, 5.41) is 18.4. The van der Waals surface area contributed by atoms with Crippen molar-refractivity contribution in [3.63, 3.8) is 0 Å². The average Bonchev–Trinajstić information content (AvgIpc) is 3.37. The molecule has 8 nitrogen and oxygen atoms in total. The first kappa shape index (κ1) is 24.8. The number of nitrogens with zero attached hydrogens (tertiary/aromatic N) is 3. The van der Waals surface area contributed by atoms with Crippen LogP contribution in [0.15, 0.2) is 66.7 Å². The first-order valence-corrected chi connectivity index (χ1v) is 13.3. The Bertz CT molecular complexity index is 1430. The summed E-state index contributed by atoms with van der Waals surface area (Å²) < 4.78 is 1.15. The molecule has 2 N–H and O–H groups in total. The number of benzene rings is 3. The Morgan fingerprint density at radius 1 is 1.05 bits per heavy atom. The first-order valence-electron chi connectivity index (χ1n) is 12.1. The molecule has 0 atom stereocenters. The number of nitro groups is 1. The number of carbonyl (C=O) groups is 1. The van der Waals surface area contributed by atoms with Crippen LogP contribution in [0.1, 0.15) is 35.2 Å². The standard InChI is InChI=1S/C27H25N5O3S2/c33-25(20-12-13-22(23(16-20)32(34)35)31-14-4-1-5-15-31)30-27(36)28-17-18-8-10-19(11-9-18)26-29-21-6-2-3-7-24(21)37-26/h2-3,6-13,16H,1,4-5,14-15,17H2,(H2,28,30,33,36). The number of nitrogens with one attached hydrogen (secondary N) is 2. The van der Waals surface area contributed by atoms with E-state index in [-0.39, 0.29) is 16.4 Å². The third-order valence-corrected chi connectivity index (χ3v) is 7.64. The minimum Gasteiger partial charge on any atom is -0.366 e. The molecule has 1 fully saturated rings. The van der Waals surface area contributed by atoms with Gasteiger partial charge in [-0.25, -0.2) is 4.98 Å². The molecule has 0 bridgehead atoms. The Morgan fingerprint density at radius 2 is 1.81 bits per heavy atom. The van der Waals surface area contributed by atoms with Crippen LogP contribution in [-0.2, 0) is 6.54 Å². The van der Waals surface area contributed by atoms with Gasteiger partial charge in [0.25, 0.3) is 11.6 Å². The number of rotatable bonds is 6. The second-order valence-electron chi connectivity index (χ2n) is 8.83. The number of amides is 1. The molecule has 0 radical (unpaired) electrons. The van der Waals surface area contributed by atoms with Crippen molar-refractivity contribution in [1.82, 2.24) is 15.6 Å². The fourth-order valence-electron chi connectivity index (χ4n) is 4.38. The number of para-hydroxylation sites is 1. The van der Waals surface area contributed by atoms with Crippen LogP contribution < -0.4 is 15.5 Å². The second-order valence-corrected chi connectivity index (χ2v) is 10.3. The van der Waals surface area contributed by atoms with E-state index in [1.165, 1.54) is 6.07 Å². The summed E-state index contributed by atoms with van der Waals surface area (Å²) in [6.07, 6.45) is 3.14. The van der Waals surface area contributed by atoms with Crippen molar-refractivity contribution >= 4 is 56.2 Å². The smallest absolute Gasteiger partial charge is 0.293 e. The maximum absolute atomic E-state index is 12.7. The lowest BCUT2D eigenvalue weighted by Crippen LogP contribution is -2.38. The molecule has 1 amide bonds. The molecule has 0 unspecified atom stereocenters. The number of hydrogen-bond acceptors (Lipinski definition) is 7. The maximum Gasteiger partial charge on any atom is 0.293 e. The highest BCUT2D eigenvalue weighted by Gasteiger charge is 2.23. The molecule has 1 aromatic heterocycles. The summed E-state index contributed by atoms with van der Waals surface area (Å²) in [6, 6.07) is 20.6. The SMILES string of the molecule is O=C(NC(=S)NCc1ccc(-c2nc3ccccc3s2)cc1)c1ccc(N2CCCCC2)c([N+](=O)[O-])c1. The van der Waals surface area contributed by atoms with Gasteiger partial charge >= 0.3 is 0 Å². The van der Waals surface area contributed by atoms with Crippen molar-refractivity contribution in [2.45, 2.75) is 25.8 Å². The fraction of sp³-hybridized carbons (Fsp3) is 0.222. The highest BCUT2D eigenvalue weighted by atomic mass is 32.1. The van der Waals surface area contributed by atoms with E-state index < -0.39 is 10.8 Å². The van der Waals surface area contributed by atoms with Crippen LogP contribution in [0.3, 0.4) is 0 Å². The highest BCUT2D eigenvalue weighted by Crippen LogP contribution is 2.32. The zero-order valence-electron chi connectivity index (χ0n) is 20.0. The van der Waals surface area contributed by atoms with E-state index in [4.69, 9.17) is 12.2 Å². The molecule has 4 aromatic rings. The van der Waals surface area contributed by atoms with E-state index in [2.05, 4.69) is 21.7 Å². The Kier molecular flexibility index (Phi) is 7.38. The molecule has 1 aliphatic heterocycles. The number of fused-ring (bicyclic) bond motifs is 1. The van der Waals surface area contributed by atoms with Crippen LogP contribution in [0, 0.1) is 10.1 Å². The molecule has 1 aliphatic rings. The lowest BCUT2D eigenvalue weighted by Gasteiger charge is -2.28. The Labute approximate surface area is 223 Å². The lowest BCUT2D eigenvalue weighted by atomic mass is 10.1. The third-order valence-electron chi connectivity index (χ3n) is 6.31. The number of hydrogen-bond donors (Lipinski definition) is 2. The Hall–Kier alpha value is -3.89. The third kappa shape index (κ3) is 5.76. The quantitative estimate of drug-likeness (QED) is 0.188. The first-order chi connectivity index (χ1) is 18.0. The molecule has 1 saturated heterocycles. The lowest BCUT2D eigenvalue weighted by molar-refractivity contribution is -0.384. The molecule has 10 heteroatoms. The predicted molar refractivity (Wildman–Crippen MR) is 151 cm³/mol. The van der Waals surface area contributed by atoms with Crippen molar-refractivity contribution in [3.8, 4) is 10.6 Å².